The van der Waals surface area contributed by atoms with Crippen molar-refractivity contribution in [3.8, 4) is 0 Å². The van der Waals surface area contributed by atoms with Crippen molar-refractivity contribution in [2.75, 3.05) is 11.6 Å². The van der Waals surface area contributed by atoms with Crippen molar-refractivity contribution in [1.82, 2.24) is 0 Å². The van der Waals surface area contributed by atoms with Crippen LogP contribution in [-0.2, 0) is 9.05 Å². The fraction of sp³-hybridized carbons (Fsp3) is 1.00. The molecule has 0 rings (SSSR count). The van der Waals surface area contributed by atoms with E-state index in [0.29, 0.717) is 6.42 Å². The standard InChI is InChI=1S/C11H22Cl2O2S/c12-10-8-6-4-2-1-3-5-7-9-11-16(13,14)15/h1-11H2. The second kappa shape index (κ2) is 10.7. The molecule has 0 amide bonds. The van der Waals surface area contributed by atoms with E-state index in [9.17, 15) is 8.42 Å². The van der Waals surface area contributed by atoms with Gasteiger partial charge in [0.15, 0.2) is 0 Å². The predicted octanol–water partition coefficient (Wildman–Crippen LogP) is 4.30. The molecule has 0 heterocycles. The Bertz CT molecular complexity index is 240. The van der Waals surface area contributed by atoms with Crippen molar-refractivity contribution >= 4 is 31.3 Å². The molecule has 0 saturated carbocycles. The lowest BCUT2D eigenvalue weighted by molar-refractivity contribution is 0.568. The first-order valence-electron chi connectivity index (χ1n) is 6.04. The molecule has 0 aliphatic rings. The number of hydrogen-bond donors (Lipinski definition) is 0. The Morgan fingerprint density at radius 1 is 0.688 bits per heavy atom. The van der Waals surface area contributed by atoms with Gasteiger partial charge in [0, 0.05) is 16.6 Å². The number of rotatable bonds is 11. The fourth-order valence-corrected chi connectivity index (χ4v) is 2.67. The van der Waals surface area contributed by atoms with E-state index in [1.165, 1.54) is 32.1 Å². The van der Waals surface area contributed by atoms with E-state index < -0.39 is 9.05 Å². The molecule has 0 spiro atoms. The molecule has 5 heteroatoms. The molecular weight excluding hydrogens is 267 g/mol. The predicted molar refractivity (Wildman–Crippen MR) is 71.9 cm³/mol. The van der Waals surface area contributed by atoms with Crippen LogP contribution in [0.15, 0.2) is 0 Å². The van der Waals surface area contributed by atoms with Crippen LogP contribution >= 0.6 is 22.3 Å². The third-order valence-corrected chi connectivity index (χ3v) is 4.03. The van der Waals surface area contributed by atoms with Crippen molar-refractivity contribution in [3.63, 3.8) is 0 Å². The molecule has 98 valence electrons. The van der Waals surface area contributed by atoms with Gasteiger partial charge in [-0.2, -0.15) is 0 Å². The molecule has 0 unspecified atom stereocenters. The van der Waals surface area contributed by atoms with Crippen molar-refractivity contribution in [3.05, 3.63) is 0 Å². The van der Waals surface area contributed by atoms with Crippen LogP contribution in [0.1, 0.15) is 57.8 Å². The maximum absolute atomic E-state index is 10.6. The highest BCUT2D eigenvalue weighted by Gasteiger charge is 2.03. The van der Waals surface area contributed by atoms with Crippen LogP contribution < -0.4 is 0 Å². The molecule has 0 atom stereocenters. The monoisotopic (exact) mass is 288 g/mol. The summed E-state index contributed by atoms with van der Waals surface area (Å²) in [6.07, 6.45) is 10.1. The van der Waals surface area contributed by atoms with Crippen LogP contribution in [0.4, 0.5) is 0 Å². The lowest BCUT2D eigenvalue weighted by Gasteiger charge is -2.01. The van der Waals surface area contributed by atoms with Crippen molar-refractivity contribution in [1.29, 1.82) is 0 Å². The Balaban J connectivity index is 3.05. The summed E-state index contributed by atoms with van der Waals surface area (Å²) in [4.78, 5) is 0. The van der Waals surface area contributed by atoms with Gasteiger partial charge in [-0.3, -0.25) is 0 Å². The largest absolute Gasteiger partial charge is 0.232 e. The van der Waals surface area contributed by atoms with Gasteiger partial charge >= 0.3 is 0 Å². The smallest absolute Gasteiger partial charge is 0.212 e. The molecule has 0 aliphatic heterocycles. The molecule has 0 bridgehead atoms. The van der Waals surface area contributed by atoms with Gasteiger partial charge in [0.2, 0.25) is 9.05 Å². The molecule has 16 heavy (non-hydrogen) atoms. The SMILES string of the molecule is O=S(=O)(Cl)CCCCCCCCCCCCl. The molecular formula is C11H22Cl2O2S. The number of halogens is 2. The third kappa shape index (κ3) is 14.5. The summed E-state index contributed by atoms with van der Waals surface area (Å²) in [6, 6.07) is 0. The van der Waals surface area contributed by atoms with Gasteiger partial charge in [-0.25, -0.2) is 8.42 Å². The fourth-order valence-electron chi connectivity index (χ4n) is 1.61. The lowest BCUT2D eigenvalue weighted by Crippen LogP contribution is -1.96. The van der Waals surface area contributed by atoms with Crippen LogP contribution in [0.5, 0.6) is 0 Å². The van der Waals surface area contributed by atoms with Crippen LogP contribution in [0, 0.1) is 0 Å². The van der Waals surface area contributed by atoms with E-state index in [-0.39, 0.29) is 5.75 Å². The summed E-state index contributed by atoms with van der Waals surface area (Å²) in [6.45, 7) is 0. The Kier molecular flexibility index (Phi) is 11.0. The van der Waals surface area contributed by atoms with E-state index in [4.69, 9.17) is 22.3 Å². The van der Waals surface area contributed by atoms with Crippen LogP contribution in [0.3, 0.4) is 0 Å². The van der Waals surface area contributed by atoms with E-state index >= 15 is 0 Å². The highest BCUT2D eigenvalue weighted by molar-refractivity contribution is 8.13. The summed E-state index contributed by atoms with van der Waals surface area (Å²) in [5.74, 6) is 0.886. The number of unbranched alkanes of at least 4 members (excludes halogenated alkanes) is 8. The molecule has 0 saturated heterocycles. The number of alkyl halides is 1. The zero-order valence-corrected chi connectivity index (χ0v) is 12.1. The highest BCUT2D eigenvalue weighted by atomic mass is 35.7. The third-order valence-electron chi connectivity index (χ3n) is 2.52. The summed E-state index contributed by atoms with van der Waals surface area (Å²) in [5, 5.41) is 0. The normalized spacial score (nSPS) is 11.9. The number of hydrogen-bond acceptors (Lipinski definition) is 2. The van der Waals surface area contributed by atoms with Crippen LogP contribution in [0.25, 0.3) is 0 Å². The van der Waals surface area contributed by atoms with E-state index in [0.717, 1.165) is 25.1 Å². The van der Waals surface area contributed by atoms with E-state index in [1.54, 1.807) is 0 Å². The lowest BCUT2D eigenvalue weighted by atomic mass is 10.1. The van der Waals surface area contributed by atoms with Gasteiger partial charge in [0.1, 0.15) is 0 Å². The van der Waals surface area contributed by atoms with Gasteiger partial charge in [-0.1, -0.05) is 44.9 Å². The molecule has 0 aromatic carbocycles. The summed E-state index contributed by atoms with van der Waals surface area (Å²) < 4.78 is 21.2. The minimum absolute atomic E-state index is 0.115. The molecule has 0 aromatic heterocycles. The van der Waals surface area contributed by atoms with Crippen molar-refractivity contribution in [2.24, 2.45) is 0 Å². The zero-order chi connectivity index (χ0) is 12.3. The van der Waals surface area contributed by atoms with Crippen molar-refractivity contribution < 1.29 is 8.42 Å². The second-order valence-electron chi connectivity index (χ2n) is 4.11. The maximum Gasteiger partial charge on any atom is 0.232 e. The average Bonchev–Trinajstić information content (AvgIpc) is 2.19. The van der Waals surface area contributed by atoms with Crippen LogP contribution in [-0.4, -0.2) is 20.1 Å². The Hall–Kier alpha value is 0.530. The maximum atomic E-state index is 10.6. The van der Waals surface area contributed by atoms with Gasteiger partial charge < -0.3 is 0 Å². The minimum Gasteiger partial charge on any atom is -0.212 e. The van der Waals surface area contributed by atoms with Gasteiger partial charge in [0.05, 0.1) is 5.75 Å². The summed E-state index contributed by atoms with van der Waals surface area (Å²) in [7, 11) is 1.83. The summed E-state index contributed by atoms with van der Waals surface area (Å²) in [5.41, 5.74) is 0. The topological polar surface area (TPSA) is 34.1 Å². The van der Waals surface area contributed by atoms with E-state index in [1.807, 2.05) is 0 Å². The van der Waals surface area contributed by atoms with E-state index in [2.05, 4.69) is 0 Å². The minimum atomic E-state index is -3.27. The first-order valence-corrected chi connectivity index (χ1v) is 9.06. The molecule has 0 fully saturated rings. The first-order chi connectivity index (χ1) is 7.56. The molecule has 0 N–H and O–H groups in total. The van der Waals surface area contributed by atoms with Gasteiger partial charge in [-0.05, 0) is 12.8 Å². The molecule has 0 aromatic rings. The Morgan fingerprint density at radius 3 is 1.44 bits per heavy atom. The molecule has 0 radical (unpaired) electrons. The average molecular weight is 289 g/mol. The molecule has 2 nitrogen and oxygen atoms in total. The highest BCUT2D eigenvalue weighted by Crippen LogP contribution is 2.11. The quantitative estimate of drug-likeness (QED) is 0.323. The van der Waals surface area contributed by atoms with Gasteiger partial charge in [-0.15, -0.1) is 11.6 Å². The van der Waals surface area contributed by atoms with Crippen LogP contribution in [0.2, 0.25) is 0 Å². The summed E-state index contributed by atoms with van der Waals surface area (Å²) >= 11 is 5.58. The second-order valence-corrected chi connectivity index (χ2v) is 7.39. The van der Waals surface area contributed by atoms with Crippen molar-refractivity contribution in [2.45, 2.75) is 57.8 Å². The zero-order valence-electron chi connectivity index (χ0n) is 9.76. The Labute approximate surface area is 109 Å². The van der Waals surface area contributed by atoms with Gasteiger partial charge in [0.25, 0.3) is 0 Å². The Morgan fingerprint density at radius 2 is 1.06 bits per heavy atom. The first kappa shape index (κ1) is 16.5. The molecule has 0 aliphatic carbocycles.